The van der Waals surface area contributed by atoms with Crippen molar-refractivity contribution in [3.05, 3.63) is 42.6 Å². The van der Waals surface area contributed by atoms with E-state index >= 15 is 0 Å². The molecule has 1 unspecified atom stereocenters. The first-order valence-electron chi connectivity index (χ1n) is 9.50. The average molecular weight is 400 g/mol. The number of hydrogen-bond donors (Lipinski definition) is 2. The van der Waals surface area contributed by atoms with Gasteiger partial charge in [-0.15, -0.1) is 0 Å². The first kappa shape index (κ1) is 19.1. The highest BCUT2D eigenvalue weighted by Crippen LogP contribution is 2.26. The summed E-state index contributed by atoms with van der Waals surface area (Å²) in [6, 6.07) is 4.11. The number of alkyl halides is 1. The van der Waals surface area contributed by atoms with Crippen LogP contribution >= 0.6 is 0 Å². The van der Waals surface area contributed by atoms with E-state index in [0.717, 1.165) is 5.69 Å². The van der Waals surface area contributed by atoms with Gasteiger partial charge in [-0.05, 0) is 38.5 Å². The Balaban J connectivity index is 1.59. The number of fused-ring (bicyclic) bond motifs is 1. The molecule has 2 amide bonds. The van der Waals surface area contributed by atoms with Crippen LogP contribution in [0.1, 0.15) is 20.3 Å². The largest absolute Gasteiger partial charge is 0.380 e. The van der Waals surface area contributed by atoms with Gasteiger partial charge >= 0.3 is 6.03 Å². The summed E-state index contributed by atoms with van der Waals surface area (Å²) < 4.78 is 29.5. The maximum atomic E-state index is 14.5. The third-order valence-corrected chi connectivity index (χ3v) is 4.68. The van der Waals surface area contributed by atoms with Crippen LogP contribution in [0.5, 0.6) is 0 Å². The molecular formula is C20H22F2N6O. The van der Waals surface area contributed by atoms with E-state index < -0.39 is 18.0 Å². The number of carbonyl (C=O) groups is 1. The van der Waals surface area contributed by atoms with Crippen LogP contribution in [0.3, 0.4) is 0 Å². The molecule has 1 aromatic carbocycles. The molecule has 3 heterocycles. The van der Waals surface area contributed by atoms with E-state index in [9.17, 15) is 13.6 Å². The Labute approximate surface area is 166 Å². The smallest absolute Gasteiger partial charge is 0.321 e. The second kappa shape index (κ2) is 7.65. The third kappa shape index (κ3) is 4.13. The monoisotopic (exact) mass is 400 g/mol. The van der Waals surface area contributed by atoms with Gasteiger partial charge in [0.05, 0.1) is 24.1 Å². The molecule has 29 heavy (non-hydrogen) atoms. The van der Waals surface area contributed by atoms with Crippen LogP contribution < -0.4 is 10.6 Å². The minimum Gasteiger partial charge on any atom is -0.380 e. The second-order valence-corrected chi connectivity index (χ2v) is 7.43. The molecule has 1 atom stereocenters. The van der Waals surface area contributed by atoms with Crippen molar-refractivity contribution >= 4 is 23.2 Å². The number of likely N-dealkylation sites (tertiary alicyclic amines) is 1. The van der Waals surface area contributed by atoms with Crippen molar-refractivity contribution < 1.29 is 13.6 Å². The number of nitrogens with zero attached hydrogens (tertiary/aromatic N) is 4. The molecule has 0 aliphatic carbocycles. The lowest BCUT2D eigenvalue weighted by Crippen LogP contribution is -2.33. The van der Waals surface area contributed by atoms with Crippen molar-refractivity contribution in [2.45, 2.75) is 32.5 Å². The second-order valence-electron chi connectivity index (χ2n) is 7.43. The number of imidazole rings is 1. The molecule has 4 rings (SSSR count). The maximum absolute atomic E-state index is 14.5. The van der Waals surface area contributed by atoms with Gasteiger partial charge in [0, 0.05) is 36.2 Å². The van der Waals surface area contributed by atoms with E-state index in [1.807, 2.05) is 20.0 Å². The Morgan fingerprint density at radius 2 is 2.10 bits per heavy atom. The van der Waals surface area contributed by atoms with Crippen LogP contribution in [0, 0.1) is 5.82 Å². The number of benzene rings is 1. The number of urea groups is 1. The summed E-state index contributed by atoms with van der Waals surface area (Å²) in [6.07, 6.45) is 4.54. The van der Waals surface area contributed by atoms with Gasteiger partial charge in [0.15, 0.2) is 0 Å². The highest BCUT2D eigenvalue weighted by Gasteiger charge is 2.26. The van der Waals surface area contributed by atoms with Crippen molar-refractivity contribution in [1.29, 1.82) is 0 Å². The molecule has 2 N–H and O–H groups in total. The van der Waals surface area contributed by atoms with Gasteiger partial charge in [0.1, 0.15) is 12.0 Å². The highest BCUT2D eigenvalue weighted by molar-refractivity contribution is 5.90. The van der Waals surface area contributed by atoms with E-state index in [2.05, 4.69) is 20.6 Å². The summed E-state index contributed by atoms with van der Waals surface area (Å²) in [5, 5.41) is 5.95. The molecule has 9 heteroatoms. The molecular weight excluding hydrogens is 378 g/mol. The Kier molecular flexibility index (Phi) is 5.04. The van der Waals surface area contributed by atoms with Crippen molar-refractivity contribution in [2.24, 2.45) is 0 Å². The predicted octanol–water partition coefficient (Wildman–Crippen LogP) is 3.93. The van der Waals surface area contributed by atoms with E-state index in [4.69, 9.17) is 0 Å². The molecule has 2 aromatic heterocycles. The van der Waals surface area contributed by atoms with Crippen LogP contribution in [0.2, 0.25) is 0 Å². The molecule has 3 aromatic rings. The molecule has 1 aliphatic heterocycles. The van der Waals surface area contributed by atoms with Gasteiger partial charge in [-0.3, -0.25) is 4.40 Å². The number of amides is 2. The van der Waals surface area contributed by atoms with Gasteiger partial charge in [-0.1, -0.05) is 0 Å². The average Bonchev–Trinajstić information content (AvgIpc) is 3.28. The summed E-state index contributed by atoms with van der Waals surface area (Å²) in [7, 11) is 0. The minimum absolute atomic E-state index is 0.0741. The number of aromatic nitrogens is 3. The quantitative estimate of drug-likeness (QED) is 0.696. The van der Waals surface area contributed by atoms with Crippen LogP contribution in [0.4, 0.5) is 25.0 Å². The fraction of sp³-hybridized carbons (Fsp3) is 0.350. The SMILES string of the molecule is CC(C)Nc1cnc2nc(-c3cc(NC(=O)N4CCC(F)C4)ccc3F)cn2c1. The molecule has 0 bridgehead atoms. The predicted molar refractivity (Wildman–Crippen MR) is 107 cm³/mol. The van der Waals surface area contributed by atoms with Gasteiger partial charge in [-0.25, -0.2) is 23.5 Å². The van der Waals surface area contributed by atoms with E-state index in [1.165, 1.54) is 23.1 Å². The van der Waals surface area contributed by atoms with Gasteiger partial charge in [-0.2, -0.15) is 0 Å². The molecule has 7 nitrogen and oxygen atoms in total. The fourth-order valence-electron chi connectivity index (χ4n) is 3.33. The lowest BCUT2D eigenvalue weighted by Gasteiger charge is -2.16. The fourth-order valence-corrected chi connectivity index (χ4v) is 3.33. The van der Waals surface area contributed by atoms with Crippen LogP contribution in [-0.2, 0) is 0 Å². The topological polar surface area (TPSA) is 74.6 Å². The lowest BCUT2D eigenvalue weighted by molar-refractivity contribution is 0.218. The summed E-state index contributed by atoms with van der Waals surface area (Å²) in [6.45, 7) is 4.49. The van der Waals surface area contributed by atoms with Crippen molar-refractivity contribution in [2.75, 3.05) is 23.7 Å². The zero-order valence-corrected chi connectivity index (χ0v) is 16.2. The standard InChI is InChI=1S/C20H22F2N6O/c1-12(2)24-15-8-23-19-26-18(11-28(19)10-15)16-7-14(3-4-17(16)22)25-20(29)27-6-5-13(21)9-27/h3-4,7-8,10-13,24H,5-6,9H2,1-2H3,(H,25,29). The molecule has 1 saturated heterocycles. The Bertz CT molecular complexity index is 1050. The number of nitrogens with one attached hydrogen (secondary N) is 2. The van der Waals surface area contributed by atoms with Crippen molar-refractivity contribution in [3.8, 4) is 11.3 Å². The highest BCUT2D eigenvalue weighted by atomic mass is 19.1. The summed E-state index contributed by atoms with van der Waals surface area (Å²) in [4.78, 5) is 22.4. The molecule has 0 spiro atoms. The van der Waals surface area contributed by atoms with Gasteiger partial charge in [0.25, 0.3) is 0 Å². The number of rotatable bonds is 4. The van der Waals surface area contributed by atoms with Crippen LogP contribution in [-0.4, -0.2) is 50.6 Å². The number of carbonyl (C=O) groups excluding carboxylic acids is 1. The molecule has 152 valence electrons. The van der Waals surface area contributed by atoms with Crippen molar-refractivity contribution in [3.63, 3.8) is 0 Å². The van der Waals surface area contributed by atoms with Gasteiger partial charge < -0.3 is 15.5 Å². The first-order valence-corrected chi connectivity index (χ1v) is 9.50. The lowest BCUT2D eigenvalue weighted by atomic mass is 10.1. The van der Waals surface area contributed by atoms with E-state index in [-0.39, 0.29) is 18.2 Å². The first-order chi connectivity index (χ1) is 13.9. The minimum atomic E-state index is -0.995. The molecule has 1 aliphatic rings. The normalized spacial score (nSPS) is 16.6. The van der Waals surface area contributed by atoms with Crippen LogP contribution in [0.25, 0.3) is 17.0 Å². The Morgan fingerprint density at radius 3 is 2.83 bits per heavy atom. The summed E-state index contributed by atoms with van der Waals surface area (Å²) in [5.74, 6) is -0.0221. The number of halogens is 2. The zero-order chi connectivity index (χ0) is 20.5. The van der Waals surface area contributed by atoms with Gasteiger partial charge in [0.2, 0.25) is 5.78 Å². The zero-order valence-electron chi connectivity index (χ0n) is 16.2. The van der Waals surface area contributed by atoms with E-state index in [0.29, 0.717) is 30.1 Å². The third-order valence-electron chi connectivity index (χ3n) is 4.68. The maximum Gasteiger partial charge on any atom is 0.321 e. The Hall–Kier alpha value is -3.23. The molecule has 0 saturated carbocycles. The summed E-state index contributed by atoms with van der Waals surface area (Å²) >= 11 is 0. The molecule has 1 fully saturated rings. The number of hydrogen-bond acceptors (Lipinski definition) is 4. The van der Waals surface area contributed by atoms with Crippen LogP contribution in [0.15, 0.2) is 36.8 Å². The van der Waals surface area contributed by atoms with Crippen molar-refractivity contribution in [1.82, 2.24) is 19.3 Å². The van der Waals surface area contributed by atoms with E-state index in [1.54, 1.807) is 16.8 Å². The Morgan fingerprint density at radius 1 is 1.28 bits per heavy atom. The molecule has 0 radical (unpaired) electrons. The summed E-state index contributed by atoms with van der Waals surface area (Å²) in [5.41, 5.74) is 1.89. The number of anilines is 2.